The number of ether oxygens (including phenoxy) is 1. The van der Waals surface area contributed by atoms with Crippen molar-refractivity contribution in [2.24, 2.45) is 0 Å². The van der Waals surface area contributed by atoms with E-state index in [4.69, 9.17) is 9.15 Å². The first-order chi connectivity index (χ1) is 18.4. The second kappa shape index (κ2) is 11.0. The summed E-state index contributed by atoms with van der Waals surface area (Å²) in [5.41, 5.74) is 4.94. The van der Waals surface area contributed by atoms with Crippen LogP contribution in [0.25, 0.3) is 11.5 Å². The number of carboxylic acid groups (broad SMARTS) is 1. The predicted octanol–water partition coefficient (Wildman–Crippen LogP) is 5.66. The molecule has 0 saturated heterocycles. The molecule has 1 aliphatic rings. The summed E-state index contributed by atoms with van der Waals surface area (Å²) in [6, 6.07) is 22.0. The van der Waals surface area contributed by atoms with Crippen LogP contribution in [0.2, 0.25) is 0 Å². The summed E-state index contributed by atoms with van der Waals surface area (Å²) in [5.74, 6) is 1.01. The highest BCUT2D eigenvalue weighted by atomic mass is 16.5. The topological polar surface area (TPSA) is 92.9 Å². The Hall–Kier alpha value is -4.23. The normalized spacial score (nSPS) is 15.2. The van der Waals surface area contributed by atoms with Crippen LogP contribution in [0.15, 0.2) is 77.2 Å². The molecule has 0 saturated carbocycles. The summed E-state index contributed by atoms with van der Waals surface area (Å²) in [6.07, 6.45) is 1.29. The maximum Gasteiger partial charge on any atom is 0.325 e. The summed E-state index contributed by atoms with van der Waals surface area (Å²) in [6.45, 7) is 4.78. The van der Waals surface area contributed by atoms with Gasteiger partial charge in [0.2, 0.25) is 5.89 Å². The summed E-state index contributed by atoms with van der Waals surface area (Å²) < 4.78 is 11.9. The monoisotopic (exact) mass is 510 g/mol. The van der Waals surface area contributed by atoms with Gasteiger partial charge < -0.3 is 14.3 Å². The molecule has 0 amide bonds. The van der Waals surface area contributed by atoms with E-state index < -0.39 is 12.0 Å². The minimum Gasteiger partial charge on any atom is -0.493 e. The molecule has 2 heterocycles. The molecule has 3 aromatic carbocycles. The van der Waals surface area contributed by atoms with Crippen LogP contribution >= 0.6 is 0 Å². The maximum absolute atomic E-state index is 12.4. The number of aryl methyl sites for hydroxylation is 1. The predicted molar refractivity (Wildman–Crippen MR) is 143 cm³/mol. The number of nitrogens with zero attached hydrogens (tertiary/aromatic N) is 2. The first-order valence-electron chi connectivity index (χ1n) is 12.7. The van der Waals surface area contributed by atoms with E-state index in [1.165, 1.54) is 6.92 Å². The molecule has 0 aliphatic carbocycles. The first kappa shape index (κ1) is 25.4. The molecule has 7 nitrogen and oxygen atoms in total. The zero-order valence-corrected chi connectivity index (χ0v) is 21.5. The summed E-state index contributed by atoms with van der Waals surface area (Å²) in [4.78, 5) is 31.1. The Morgan fingerprint density at radius 3 is 2.61 bits per heavy atom. The Labute approximate surface area is 221 Å². The van der Waals surface area contributed by atoms with Gasteiger partial charge in [-0.2, -0.15) is 0 Å². The molecule has 0 spiro atoms. The van der Waals surface area contributed by atoms with Crippen LogP contribution in [0.3, 0.4) is 0 Å². The van der Waals surface area contributed by atoms with Gasteiger partial charge in [0.05, 0.1) is 12.3 Å². The van der Waals surface area contributed by atoms with E-state index in [9.17, 15) is 14.7 Å². The molecule has 1 atom stereocenters. The number of fused-ring (bicyclic) bond motifs is 1. The molecule has 4 aromatic rings. The molecule has 0 radical (unpaired) electrons. The molecule has 194 valence electrons. The molecule has 7 heteroatoms. The smallest absolute Gasteiger partial charge is 0.325 e. The van der Waals surface area contributed by atoms with Crippen LogP contribution in [0, 0.1) is 6.92 Å². The number of carboxylic acids is 1. The third-order valence-corrected chi connectivity index (χ3v) is 6.97. The lowest BCUT2D eigenvalue weighted by Gasteiger charge is -2.35. The Morgan fingerprint density at radius 1 is 1.08 bits per heavy atom. The molecular weight excluding hydrogens is 480 g/mol. The average molecular weight is 511 g/mol. The molecule has 0 bridgehead atoms. The van der Waals surface area contributed by atoms with Gasteiger partial charge in [-0.1, -0.05) is 48.5 Å². The van der Waals surface area contributed by atoms with Gasteiger partial charge in [0, 0.05) is 30.6 Å². The minimum atomic E-state index is -0.921. The van der Waals surface area contributed by atoms with Gasteiger partial charge in [0.1, 0.15) is 17.6 Å². The Balaban J connectivity index is 1.30. The van der Waals surface area contributed by atoms with Crippen molar-refractivity contribution in [3.63, 3.8) is 0 Å². The quantitative estimate of drug-likeness (QED) is 0.291. The van der Waals surface area contributed by atoms with E-state index in [1.54, 1.807) is 6.07 Å². The van der Waals surface area contributed by atoms with Gasteiger partial charge in [-0.25, -0.2) is 4.98 Å². The zero-order chi connectivity index (χ0) is 26.6. The van der Waals surface area contributed by atoms with Crippen molar-refractivity contribution >= 4 is 11.8 Å². The summed E-state index contributed by atoms with van der Waals surface area (Å²) in [7, 11) is 0. The molecule has 1 unspecified atom stereocenters. The first-order valence-corrected chi connectivity index (χ1v) is 12.7. The molecular formula is C31H30N2O5. The standard InChI is InChI=1S/C31H30N2O5/c1-20(34)26-11-7-6-10-24(26)19-33-16-14-22-12-13-25(18-27(22)29(33)31(35)36)37-17-15-28-21(2)38-30(32-28)23-8-4-3-5-9-23/h3-13,18,29H,14-17,19H2,1-2H3,(H,35,36). The van der Waals surface area contributed by atoms with Crippen molar-refractivity contribution in [3.05, 3.63) is 107 Å². The number of carbonyl (C=O) groups is 2. The molecule has 1 aliphatic heterocycles. The van der Waals surface area contributed by atoms with Crippen LogP contribution in [-0.2, 0) is 24.2 Å². The van der Waals surface area contributed by atoms with Gasteiger partial charge >= 0.3 is 5.97 Å². The SMILES string of the molecule is CC(=O)c1ccccc1CN1CCc2ccc(OCCc3nc(-c4ccccc4)oc3C)cc2C1C(=O)O. The number of Topliss-reactive ketones (excluding diaryl/α,β-unsaturated/α-hetero) is 1. The van der Waals surface area contributed by atoms with Crippen molar-refractivity contribution in [1.82, 2.24) is 9.88 Å². The lowest BCUT2D eigenvalue weighted by molar-refractivity contribution is -0.144. The van der Waals surface area contributed by atoms with Crippen molar-refractivity contribution in [2.45, 2.75) is 39.3 Å². The van der Waals surface area contributed by atoms with Crippen molar-refractivity contribution in [2.75, 3.05) is 13.2 Å². The van der Waals surface area contributed by atoms with Crippen molar-refractivity contribution in [3.8, 4) is 17.2 Å². The van der Waals surface area contributed by atoms with Crippen LogP contribution in [0.5, 0.6) is 5.75 Å². The lowest BCUT2D eigenvalue weighted by Crippen LogP contribution is -2.39. The number of oxazole rings is 1. The van der Waals surface area contributed by atoms with E-state index in [1.807, 2.05) is 78.6 Å². The second-order valence-electron chi connectivity index (χ2n) is 9.52. The summed E-state index contributed by atoms with van der Waals surface area (Å²) in [5, 5.41) is 10.2. The fourth-order valence-corrected chi connectivity index (χ4v) is 5.04. The van der Waals surface area contributed by atoms with Gasteiger partial charge in [-0.15, -0.1) is 0 Å². The van der Waals surface area contributed by atoms with Crippen LogP contribution in [0.1, 0.15) is 51.5 Å². The molecule has 38 heavy (non-hydrogen) atoms. The summed E-state index contributed by atoms with van der Waals surface area (Å²) >= 11 is 0. The Morgan fingerprint density at radius 2 is 1.84 bits per heavy atom. The van der Waals surface area contributed by atoms with E-state index in [2.05, 4.69) is 4.98 Å². The number of hydrogen-bond acceptors (Lipinski definition) is 6. The number of aliphatic carboxylic acids is 1. The largest absolute Gasteiger partial charge is 0.493 e. The highest BCUT2D eigenvalue weighted by Gasteiger charge is 2.33. The third-order valence-electron chi connectivity index (χ3n) is 6.97. The van der Waals surface area contributed by atoms with Crippen molar-refractivity contribution in [1.29, 1.82) is 0 Å². The molecule has 5 rings (SSSR count). The van der Waals surface area contributed by atoms with Gasteiger partial charge in [0.15, 0.2) is 5.78 Å². The van der Waals surface area contributed by atoms with Gasteiger partial charge in [0.25, 0.3) is 0 Å². The van der Waals surface area contributed by atoms with Crippen LogP contribution in [0.4, 0.5) is 0 Å². The Bertz CT molecular complexity index is 1460. The van der Waals surface area contributed by atoms with E-state index >= 15 is 0 Å². The number of hydrogen-bond donors (Lipinski definition) is 1. The second-order valence-corrected chi connectivity index (χ2v) is 9.52. The maximum atomic E-state index is 12.4. The molecule has 1 N–H and O–H groups in total. The molecule has 0 fully saturated rings. The Kier molecular flexibility index (Phi) is 7.38. The minimum absolute atomic E-state index is 0.0289. The average Bonchev–Trinajstić information content (AvgIpc) is 3.29. The van der Waals surface area contributed by atoms with E-state index in [0.717, 1.165) is 40.1 Å². The fraction of sp³-hybridized carbons (Fsp3) is 0.258. The lowest BCUT2D eigenvalue weighted by atomic mass is 9.91. The van der Waals surface area contributed by atoms with Gasteiger partial charge in [-0.05, 0) is 61.2 Å². The number of carbonyl (C=O) groups excluding carboxylic acids is 1. The number of ketones is 1. The van der Waals surface area contributed by atoms with Gasteiger partial charge in [-0.3, -0.25) is 14.5 Å². The number of benzene rings is 3. The van der Waals surface area contributed by atoms with E-state index in [0.29, 0.717) is 43.3 Å². The highest BCUT2D eigenvalue weighted by molar-refractivity contribution is 5.95. The fourth-order valence-electron chi connectivity index (χ4n) is 5.04. The third kappa shape index (κ3) is 5.38. The zero-order valence-electron chi connectivity index (χ0n) is 21.5. The van der Waals surface area contributed by atoms with Crippen LogP contribution in [-0.4, -0.2) is 39.9 Å². The van der Waals surface area contributed by atoms with Crippen molar-refractivity contribution < 1.29 is 23.8 Å². The van der Waals surface area contributed by atoms with Crippen LogP contribution < -0.4 is 4.74 Å². The molecule has 1 aromatic heterocycles. The number of aromatic nitrogens is 1. The van der Waals surface area contributed by atoms with E-state index in [-0.39, 0.29) is 5.78 Å². The number of rotatable bonds is 9. The highest BCUT2D eigenvalue weighted by Crippen LogP contribution is 2.34.